The summed E-state index contributed by atoms with van der Waals surface area (Å²) in [5.41, 5.74) is 3.00. The Morgan fingerprint density at radius 3 is 2.63 bits per heavy atom. The van der Waals surface area contributed by atoms with Gasteiger partial charge < -0.3 is 10.1 Å². The highest BCUT2D eigenvalue weighted by molar-refractivity contribution is 7.12. The fraction of sp³-hybridized carbons (Fsp3) is 0.333. The van der Waals surface area contributed by atoms with E-state index in [-0.39, 0.29) is 23.6 Å². The number of thiophene rings is 2. The molecular weight excluding hydrogens is 378 g/mol. The summed E-state index contributed by atoms with van der Waals surface area (Å²) in [5, 5.41) is 5.41. The van der Waals surface area contributed by atoms with Crippen molar-refractivity contribution in [1.82, 2.24) is 5.32 Å². The molecule has 3 heterocycles. The van der Waals surface area contributed by atoms with Crippen LogP contribution < -0.4 is 5.32 Å². The summed E-state index contributed by atoms with van der Waals surface area (Å²) in [5.74, 6) is -0.408. The van der Waals surface area contributed by atoms with Crippen molar-refractivity contribution in [2.24, 2.45) is 0 Å². The van der Waals surface area contributed by atoms with Gasteiger partial charge in [-0.05, 0) is 43.8 Å². The van der Waals surface area contributed by atoms with Gasteiger partial charge in [0.25, 0.3) is 0 Å². The smallest absolute Gasteiger partial charge is 0.336 e. The lowest BCUT2D eigenvalue weighted by atomic mass is 9.74. The topological polar surface area (TPSA) is 55.4 Å². The quantitative estimate of drug-likeness (QED) is 0.763. The number of hydrogen-bond donors (Lipinski definition) is 1. The first-order chi connectivity index (χ1) is 13.0. The van der Waals surface area contributed by atoms with E-state index in [9.17, 15) is 9.59 Å². The van der Waals surface area contributed by atoms with Crippen LogP contribution in [0, 0.1) is 6.92 Å². The lowest BCUT2D eigenvalue weighted by Gasteiger charge is -2.35. The normalized spacial score (nSPS) is 22.6. The molecule has 0 spiro atoms. The largest absolute Gasteiger partial charge is 0.466 e. The first-order valence-electron chi connectivity index (χ1n) is 8.91. The molecule has 4 nitrogen and oxygen atoms in total. The molecule has 0 fully saturated rings. The Kier molecular flexibility index (Phi) is 4.78. The van der Waals surface area contributed by atoms with Crippen LogP contribution in [0.25, 0.3) is 0 Å². The summed E-state index contributed by atoms with van der Waals surface area (Å²) in [6.45, 7) is 3.93. The van der Waals surface area contributed by atoms with Crippen LogP contribution in [0.2, 0.25) is 0 Å². The van der Waals surface area contributed by atoms with E-state index in [1.54, 1.807) is 22.7 Å². The Morgan fingerprint density at radius 1 is 1.19 bits per heavy atom. The van der Waals surface area contributed by atoms with Crippen molar-refractivity contribution in [2.75, 3.05) is 7.11 Å². The third-order valence-corrected chi connectivity index (χ3v) is 7.32. The van der Waals surface area contributed by atoms with Gasteiger partial charge in [0.15, 0.2) is 5.78 Å². The Bertz CT molecular complexity index is 965. The average Bonchev–Trinajstić information content (AvgIpc) is 3.31. The molecule has 4 rings (SSSR count). The zero-order valence-corrected chi connectivity index (χ0v) is 17.1. The van der Waals surface area contributed by atoms with Crippen molar-refractivity contribution in [3.8, 4) is 0 Å². The second-order valence-electron chi connectivity index (χ2n) is 6.97. The zero-order valence-electron chi connectivity index (χ0n) is 15.5. The number of ether oxygens (including phenoxy) is 1. The van der Waals surface area contributed by atoms with Crippen molar-refractivity contribution in [3.63, 3.8) is 0 Å². The average molecular weight is 400 g/mol. The Hall–Kier alpha value is -2.18. The van der Waals surface area contributed by atoms with Crippen LogP contribution in [-0.2, 0) is 14.3 Å². The summed E-state index contributed by atoms with van der Waals surface area (Å²) >= 11 is 3.32. The second kappa shape index (κ2) is 7.09. The minimum atomic E-state index is -0.379. The van der Waals surface area contributed by atoms with Crippen molar-refractivity contribution in [3.05, 3.63) is 66.8 Å². The molecule has 1 aliphatic heterocycles. The van der Waals surface area contributed by atoms with Crippen molar-refractivity contribution < 1.29 is 14.3 Å². The highest BCUT2D eigenvalue weighted by atomic mass is 32.1. The third-order valence-electron chi connectivity index (χ3n) is 5.22. The number of dihydropyridines is 1. The maximum atomic E-state index is 13.2. The summed E-state index contributed by atoms with van der Waals surface area (Å²) < 4.78 is 5.05. The highest BCUT2D eigenvalue weighted by Gasteiger charge is 2.41. The third kappa shape index (κ3) is 3.17. The minimum Gasteiger partial charge on any atom is -0.466 e. The molecule has 2 aromatic heterocycles. The Morgan fingerprint density at radius 2 is 2.00 bits per heavy atom. The molecule has 0 amide bonds. The predicted molar refractivity (Wildman–Crippen MR) is 108 cm³/mol. The SMILES string of the molecule is COC(=O)C1=C(C)NC2=C(C(=O)CC(c3cccs3)C2)C1c1ccc(C)s1. The molecule has 0 bridgehead atoms. The van der Waals surface area contributed by atoms with Gasteiger partial charge in [-0.3, -0.25) is 4.79 Å². The Balaban J connectivity index is 1.81. The summed E-state index contributed by atoms with van der Waals surface area (Å²) in [6, 6.07) is 8.18. The molecule has 2 aliphatic rings. The van der Waals surface area contributed by atoms with Gasteiger partial charge in [0.2, 0.25) is 0 Å². The van der Waals surface area contributed by atoms with Crippen LogP contribution in [0.4, 0.5) is 0 Å². The lowest BCUT2D eigenvalue weighted by Crippen LogP contribution is -2.35. The van der Waals surface area contributed by atoms with E-state index in [2.05, 4.69) is 16.8 Å². The maximum Gasteiger partial charge on any atom is 0.336 e. The van der Waals surface area contributed by atoms with Crippen LogP contribution >= 0.6 is 22.7 Å². The van der Waals surface area contributed by atoms with Crippen LogP contribution in [-0.4, -0.2) is 18.9 Å². The summed E-state index contributed by atoms with van der Waals surface area (Å²) in [4.78, 5) is 29.2. The molecule has 2 aromatic rings. The van der Waals surface area contributed by atoms with Crippen molar-refractivity contribution in [1.29, 1.82) is 0 Å². The van der Waals surface area contributed by atoms with Crippen molar-refractivity contribution >= 4 is 34.4 Å². The molecule has 1 N–H and O–H groups in total. The van der Waals surface area contributed by atoms with Gasteiger partial charge in [-0.15, -0.1) is 22.7 Å². The maximum absolute atomic E-state index is 13.2. The first kappa shape index (κ1) is 18.2. The number of carbonyl (C=O) groups excluding carboxylic acids is 2. The number of ketones is 1. The van der Waals surface area contributed by atoms with Gasteiger partial charge >= 0.3 is 5.97 Å². The molecule has 140 valence electrons. The van der Waals surface area contributed by atoms with Crippen LogP contribution in [0.1, 0.15) is 46.2 Å². The molecule has 0 radical (unpaired) electrons. The van der Waals surface area contributed by atoms with Crippen molar-refractivity contribution in [2.45, 2.75) is 38.5 Å². The lowest BCUT2D eigenvalue weighted by molar-refractivity contribution is -0.136. The second-order valence-corrected chi connectivity index (χ2v) is 9.27. The van der Waals surface area contributed by atoms with E-state index in [0.717, 1.165) is 33.1 Å². The number of methoxy groups -OCH3 is 1. The van der Waals surface area contributed by atoms with E-state index >= 15 is 0 Å². The minimum absolute atomic E-state index is 0.118. The van der Waals surface area contributed by atoms with Gasteiger partial charge in [-0.2, -0.15) is 0 Å². The zero-order chi connectivity index (χ0) is 19.1. The van der Waals surface area contributed by atoms with Gasteiger partial charge in [0.05, 0.1) is 18.6 Å². The monoisotopic (exact) mass is 399 g/mol. The number of hydrogen-bond acceptors (Lipinski definition) is 6. The number of nitrogens with one attached hydrogen (secondary N) is 1. The number of aryl methyl sites for hydroxylation is 1. The molecule has 0 saturated carbocycles. The number of carbonyl (C=O) groups is 2. The molecule has 0 saturated heterocycles. The van der Waals surface area contributed by atoms with E-state index in [1.807, 2.05) is 32.0 Å². The molecule has 2 atom stereocenters. The van der Waals surface area contributed by atoms with Gasteiger partial charge in [0, 0.05) is 43.9 Å². The van der Waals surface area contributed by atoms with Gasteiger partial charge in [-0.1, -0.05) is 6.07 Å². The number of rotatable bonds is 3. The predicted octanol–water partition coefficient (Wildman–Crippen LogP) is 4.65. The molecule has 2 unspecified atom stereocenters. The fourth-order valence-corrected chi connectivity index (χ4v) is 5.87. The number of Topliss-reactive ketones (excluding diaryl/α,β-unsaturated/α-hetero) is 1. The fourth-order valence-electron chi connectivity index (χ4n) is 4.04. The van der Waals surface area contributed by atoms with E-state index in [4.69, 9.17) is 4.74 Å². The van der Waals surface area contributed by atoms with Gasteiger partial charge in [-0.25, -0.2) is 4.79 Å². The first-order valence-corrected chi connectivity index (χ1v) is 10.6. The van der Waals surface area contributed by atoms with Crippen LogP contribution in [0.3, 0.4) is 0 Å². The van der Waals surface area contributed by atoms with Gasteiger partial charge in [0.1, 0.15) is 0 Å². The van der Waals surface area contributed by atoms with Crippen LogP contribution in [0.5, 0.6) is 0 Å². The van der Waals surface area contributed by atoms with Crippen LogP contribution in [0.15, 0.2) is 52.2 Å². The standard InChI is InChI=1S/C21H21NO3S2/c1-11-6-7-17(27-11)20-18(21(24)25-3)12(2)22-14-9-13(10-15(23)19(14)20)16-5-4-8-26-16/h4-8,13,20,22H,9-10H2,1-3H3. The van der Waals surface area contributed by atoms with E-state index in [0.29, 0.717) is 12.0 Å². The number of esters is 1. The van der Waals surface area contributed by atoms with E-state index in [1.165, 1.54) is 12.0 Å². The molecule has 27 heavy (non-hydrogen) atoms. The summed E-state index contributed by atoms with van der Waals surface area (Å²) in [7, 11) is 1.39. The molecule has 1 aliphatic carbocycles. The molecule has 0 aromatic carbocycles. The number of allylic oxidation sites excluding steroid dienone is 3. The highest BCUT2D eigenvalue weighted by Crippen LogP contribution is 2.47. The van der Waals surface area contributed by atoms with E-state index < -0.39 is 0 Å². The summed E-state index contributed by atoms with van der Waals surface area (Å²) in [6.07, 6.45) is 1.27. The molecule has 6 heteroatoms. The Labute approximate surface area is 166 Å². The molecular formula is C21H21NO3S2.